The van der Waals surface area contributed by atoms with Gasteiger partial charge in [-0.05, 0) is 52.8 Å². The highest BCUT2D eigenvalue weighted by Crippen LogP contribution is 2.21. The minimum atomic E-state index is -0.224. The van der Waals surface area contributed by atoms with Gasteiger partial charge in [0.2, 0.25) is 0 Å². The van der Waals surface area contributed by atoms with E-state index in [2.05, 4.69) is 40.1 Å². The number of rotatable bonds is 5. The number of amides is 1. The van der Waals surface area contributed by atoms with E-state index in [9.17, 15) is 4.79 Å². The molecule has 0 saturated carbocycles. The predicted molar refractivity (Wildman–Crippen MR) is 108 cm³/mol. The maximum Gasteiger partial charge on any atom is 0.271 e. The van der Waals surface area contributed by atoms with Gasteiger partial charge in [0.15, 0.2) is 0 Å². The Morgan fingerprint density at radius 3 is 2.52 bits per heavy atom. The summed E-state index contributed by atoms with van der Waals surface area (Å²) in [5, 5.41) is 8.55. The first-order valence-electron chi connectivity index (χ1n) is 9.01. The average Bonchev–Trinajstić information content (AvgIpc) is 3.20. The van der Waals surface area contributed by atoms with Crippen LogP contribution in [0.5, 0.6) is 0 Å². The van der Waals surface area contributed by atoms with Gasteiger partial charge in [0.05, 0.1) is 12.4 Å². The molecule has 0 aliphatic rings. The molecule has 3 aromatic rings. The maximum atomic E-state index is 12.2. The molecule has 3 rings (SSSR count). The van der Waals surface area contributed by atoms with E-state index in [-0.39, 0.29) is 11.9 Å². The lowest BCUT2D eigenvalue weighted by Gasteiger charge is -2.14. The highest BCUT2D eigenvalue weighted by molar-refractivity contribution is 5.95. The molecule has 0 spiro atoms. The van der Waals surface area contributed by atoms with E-state index in [1.54, 1.807) is 18.3 Å². The molecule has 0 aliphatic heterocycles. The number of aromatic nitrogens is 3. The minimum absolute atomic E-state index is 0.224. The summed E-state index contributed by atoms with van der Waals surface area (Å²) < 4.78 is 4.14. The summed E-state index contributed by atoms with van der Waals surface area (Å²) in [4.78, 5) is 12.2. The van der Waals surface area contributed by atoms with Gasteiger partial charge in [-0.25, -0.2) is 10.1 Å². The molecule has 6 nitrogen and oxygen atoms in total. The number of benzene rings is 1. The maximum absolute atomic E-state index is 12.2. The first-order chi connectivity index (χ1) is 12.9. The van der Waals surface area contributed by atoms with E-state index in [0.717, 1.165) is 28.3 Å². The zero-order valence-corrected chi connectivity index (χ0v) is 16.4. The lowest BCUT2D eigenvalue weighted by atomic mass is 10.1. The Hall–Kier alpha value is -3.15. The van der Waals surface area contributed by atoms with Gasteiger partial charge in [0, 0.05) is 34.6 Å². The van der Waals surface area contributed by atoms with Crippen LogP contribution in [0.3, 0.4) is 0 Å². The topological polar surface area (TPSA) is 64.2 Å². The first-order valence-corrected chi connectivity index (χ1v) is 9.01. The van der Waals surface area contributed by atoms with Crippen LogP contribution < -0.4 is 5.43 Å². The van der Waals surface area contributed by atoms with Crippen molar-refractivity contribution in [2.24, 2.45) is 5.10 Å². The van der Waals surface area contributed by atoms with Crippen molar-refractivity contribution in [1.29, 1.82) is 0 Å². The van der Waals surface area contributed by atoms with Crippen molar-refractivity contribution in [2.45, 2.75) is 40.7 Å². The van der Waals surface area contributed by atoms with Gasteiger partial charge in [-0.3, -0.25) is 4.79 Å². The van der Waals surface area contributed by atoms with Crippen molar-refractivity contribution in [3.8, 4) is 5.82 Å². The molecule has 140 valence electrons. The van der Waals surface area contributed by atoms with Crippen molar-refractivity contribution < 1.29 is 4.79 Å². The predicted octanol–water partition coefficient (Wildman–Crippen LogP) is 3.94. The summed E-state index contributed by atoms with van der Waals surface area (Å²) in [6.45, 7) is 10.3. The number of hydrogen-bond acceptors (Lipinski definition) is 3. The van der Waals surface area contributed by atoms with Gasteiger partial charge >= 0.3 is 0 Å². The van der Waals surface area contributed by atoms with Crippen LogP contribution in [-0.2, 0) is 0 Å². The molecule has 0 aliphatic carbocycles. The van der Waals surface area contributed by atoms with E-state index < -0.39 is 0 Å². The third-order valence-electron chi connectivity index (χ3n) is 4.52. The molecule has 0 radical (unpaired) electrons. The zero-order valence-electron chi connectivity index (χ0n) is 16.4. The largest absolute Gasteiger partial charge is 0.303 e. The Morgan fingerprint density at radius 2 is 1.85 bits per heavy atom. The molecular formula is C21H25N5O. The number of aryl methyl sites for hydroxylation is 2. The van der Waals surface area contributed by atoms with Crippen LogP contribution in [0.15, 0.2) is 47.7 Å². The molecule has 1 amide bonds. The van der Waals surface area contributed by atoms with E-state index in [1.807, 2.05) is 49.8 Å². The van der Waals surface area contributed by atoms with Crippen LogP contribution >= 0.6 is 0 Å². The van der Waals surface area contributed by atoms with E-state index >= 15 is 0 Å². The van der Waals surface area contributed by atoms with Crippen LogP contribution in [0, 0.1) is 20.8 Å². The molecule has 0 fully saturated rings. The molecular weight excluding hydrogens is 338 g/mol. The van der Waals surface area contributed by atoms with Crippen LogP contribution in [0.1, 0.15) is 52.8 Å². The van der Waals surface area contributed by atoms with Crippen molar-refractivity contribution in [3.05, 3.63) is 70.7 Å². The van der Waals surface area contributed by atoms with Crippen molar-refractivity contribution in [1.82, 2.24) is 19.8 Å². The molecule has 27 heavy (non-hydrogen) atoms. The quantitative estimate of drug-likeness (QED) is 0.551. The summed E-state index contributed by atoms with van der Waals surface area (Å²) in [6, 6.07) is 11.7. The lowest BCUT2D eigenvalue weighted by molar-refractivity contribution is 0.0955. The minimum Gasteiger partial charge on any atom is -0.303 e. The summed E-state index contributed by atoms with van der Waals surface area (Å²) >= 11 is 0. The highest BCUT2D eigenvalue weighted by atomic mass is 16.2. The Labute approximate surface area is 159 Å². The van der Waals surface area contributed by atoms with Gasteiger partial charge < -0.3 is 4.57 Å². The second-order valence-electron chi connectivity index (χ2n) is 6.95. The zero-order chi connectivity index (χ0) is 19.6. The fourth-order valence-corrected chi connectivity index (χ4v) is 3.08. The number of hydrogen-bond donors (Lipinski definition) is 1. The summed E-state index contributed by atoms with van der Waals surface area (Å²) in [7, 11) is 0. The van der Waals surface area contributed by atoms with Crippen LogP contribution in [0.4, 0.5) is 0 Å². The molecule has 0 atom stereocenters. The highest BCUT2D eigenvalue weighted by Gasteiger charge is 2.14. The fourth-order valence-electron chi connectivity index (χ4n) is 3.08. The standard InChI is InChI=1S/C21H25N5O/c1-14(2)26-20(10-11-23-26)25-16(4)12-19(17(25)5)13-22-24-21(27)18-8-6-15(3)7-9-18/h6-14H,1-5H3,(H,24,27)/b22-13-. The Morgan fingerprint density at radius 1 is 1.15 bits per heavy atom. The Bertz CT molecular complexity index is 977. The molecule has 6 heteroatoms. The molecule has 1 N–H and O–H groups in total. The molecule has 1 aromatic carbocycles. The summed E-state index contributed by atoms with van der Waals surface area (Å²) in [5.41, 5.74) is 7.37. The summed E-state index contributed by atoms with van der Waals surface area (Å²) in [6.07, 6.45) is 3.49. The molecule has 2 heterocycles. The Kier molecular flexibility index (Phi) is 5.26. The van der Waals surface area contributed by atoms with E-state index in [0.29, 0.717) is 5.56 Å². The average molecular weight is 363 g/mol. The van der Waals surface area contributed by atoms with Crippen molar-refractivity contribution >= 4 is 12.1 Å². The normalized spacial score (nSPS) is 11.5. The van der Waals surface area contributed by atoms with Gasteiger partial charge in [0.1, 0.15) is 5.82 Å². The number of hydrazone groups is 1. The molecule has 0 unspecified atom stereocenters. The van der Waals surface area contributed by atoms with Gasteiger partial charge in [-0.1, -0.05) is 17.7 Å². The number of carbonyl (C=O) groups excluding carboxylic acids is 1. The second kappa shape index (κ2) is 7.61. The number of nitrogens with one attached hydrogen (secondary N) is 1. The summed E-state index contributed by atoms with van der Waals surface area (Å²) in [5.74, 6) is 0.793. The smallest absolute Gasteiger partial charge is 0.271 e. The molecule has 2 aromatic heterocycles. The van der Waals surface area contributed by atoms with E-state index in [4.69, 9.17) is 0 Å². The van der Waals surface area contributed by atoms with Crippen LogP contribution in [-0.4, -0.2) is 26.5 Å². The third-order valence-corrected chi connectivity index (χ3v) is 4.52. The fraction of sp³-hybridized carbons (Fsp3) is 0.286. The SMILES string of the molecule is Cc1ccc(C(=O)N/N=C\c2cc(C)n(-c3ccnn3C(C)C)c2C)cc1. The molecule has 0 saturated heterocycles. The monoisotopic (exact) mass is 363 g/mol. The number of carbonyl (C=O) groups is 1. The Balaban J connectivity index is 1.80. The van der Waals surface area contributed by atoms with E-state index in [1.165, 1.54) is 0 Å². The van der Waals surface area contributed by atoms with Gasteiger partial charge in [-0.15, -0.1) is 0 Å². The van der Waals surface area contributed by atoms with Gasteiger partial charge in [-0.2, -0.15) is 10.2 Å². The third kappa shape index (κ3) is 3.84. The first kappa shape index (κ1) is 18.6. The van der Waals surface area contributed by atoms with Crippen molar-refractivity contribution in [3.63, 3.8) is 0 Å². The van der Waals surface area contributed by atoms with Crippen LogP contribution in [0.2, 0.25) is 0 Å². The lowest BCUT2D eigenvalue weighted by Crippen LogP contribution is -2.17. The molecule has 0 bridgehead atoms. The van der Waals surface area contributed by atoms with Crippen LogP contribution in [0.25, 0.3) is 5.82 Å². The van der Waals surface area contributed by atoms with Gasteiger partial charge in [0.25, 0.3) is 5.91 Å². The number of nitrogens with zero attached hydrogens (tertiary/aromatic N) is 4. The second-order valence-corrected chi connectivity index (χ2v) is 6.95. The van der Waals surface area contributed by atoms with Crippen molar-refractivity contribution in [2.75, 3.05) is 0 Å².